The minimum absolute atomic E-state index is 0.00356. The number of hydrogen-bond donors (Lipinski definition) is 0. The third-order valence-electron chi connectivity index (χ3n) is 5.91. The Kier molecular flexibility index (Phi) is 7.53. The first-order valence-electron chi connectivity index (χ1n) is 11.5. The Balaban J connectivity index is 1.35. The third-order valence-corrected chi connectivity index (χ3v) is 5.91. The lowest BCUT2D eigenvalue weighted by atomic mass is 10.1. The fraction of sp³-hybridized carbons (Fsp3) is 0.286. The first kappa shape index (κ1) is 22.7. The van der Waals surface area contributed by atoms with Crippen LogP contribution in [0, 0.1) is 6.92 Å². The molecule has 0 aliphatic heterocycles. The van der Waals surface area contributed by atoms with Crippen molar-refractivity contribution in [2.75, 3.05) is 19.7 Å². The summed E-state index contributed by atoms with van der Waals surface area (Å²) in [6.45, 7) is 5.64. The molecular formula is C28H31N3O2. The monoisotopic (exact) mass is 441 g/mol. The summed E-state index contributed by atoms with van der Waals surface area (Å²) in [5, 5.41) is 1.01. The molecular weight excluding hydrogens is 410 g/mol. The second-order valence-corrected chi connectivity index (χ2v) is 8.53. The summed E-state index contributed by atoms with van der Waals surface area (Å²) in [5.41, 5.74) is 4.79. The molecule has 4 rings (SSSR count). The van der Waals surface area contributed by atoms with Gasteiger partial charge in [-0.1, -0.05) is 35.9 Å². The number of fused-ring (bicyclic) bond motifs is 1. The molecule has 2 heterocycles. The number of rotatable bonds is 10. The van der Waals surface area contributed by atoms with E-state index in [1.807, 2.05) is 42.7 Å². The molecule has 0 amide bonds. The fourth-order valence-electron chi connectivity index (χ4n) is 4.10. The number of nitrogens with zero attached hydrogens (tertiary/aromatic N) is 3. The smallest absolute Gasteiger partial charge is 0.250 e. The van der Waals surface area contributed by atoms with Gasteiger partial charge in [-0.2, -0.15) is 0 Å². The summed E-state index contributed by atoms with van der Waals surface area (Å²) < 4.78 is 7.70. The van der Waals surface area contributed by atoms with E-state index in [1.165, 1.54) is 16.7 Å². The summed E-state index contributed by atoms with van der Waals surface area (Å²) in [7, 11) is 1.79. The fourth-order valence-corrected chi connectivity index (χ4v) is 4.10. The first-order chi connectivity index (χ1) is 16.1. The van der Waals surface area contributed by atoms with Crippen LogP contribution in [0.3, 0.4) is 0 Å². The number of hydrogen-bond acceptors (Lipinski definition) is 4. The zero-order chi connectivity index (χ0) is 23.0. The molecule has 4 aromatic rings. The minimum Gasteiger partial charge on any atom is -0.494 e. The standard InChI is InChI=1S/C28H31N3O2/c1-22-6-3-7-24(18-22)21-31(16-13-23-8-4-14-29-20-23)15-5-17-33-26-10-11-27-25(19-26)9-12-28(32)30(27)2/h3-4,6-12,14,18-20H,5,13,15-17,21H2,1-2H3. The number of ether oxygens (including phenoxy) is 1. The molecule has 0 atom stereocenters. The molecule has 0 fully saturated rings. The van der Waals surface area contributed by atoms with E-state index < -0.39 is 0 Å². The van der Waals surface area contributed by atoms with Gasteiger partial charge in [0.05, 0.1) is 12.1 Å². The van der Waals surface area contributed by atoms with E-state index in [0.29, 0.717) is 6.61 Å². The molecule has 33 heavy (non-hydrogen) atoms. The molecule has 2 aromatic carbocycles. The van der Waals surface area contributed by atoms with Gasteiger partial charge < -0.3 is 9.30 Å². The predicted octanol–water partition coefficient (Wildman–Crippen LogP) is 4.76. The largest absolute Gasteiger partial charge is 0.494 e. The second-order valence-electron chi connectivity index (χ2n) is 8.53. The van der Waals surface area contributed by atoms with Gasteiger partial charge in [0.1, 0.15) is 5.75 Å². The molecule has 2 aromatic heterocycles. The van der Waals surface area contributed by atoms with Crippen molar-refractivity contribution in [2.45, 2.75) is 26.3 Å². The van der Waals surface area contributed by atoms with Crippen molar-refractivity contribution >= 4 is 10.9 Å². The van der Waals surface area contributed by atoms with E-state index in [2.05, 4.69) is 47.1 Å². The van der Waals surface area contributed by atoms with Gasteiger partial charge in [0.25, 0.3) is 5.56 Å². The van der Waals surface area contributed by atoms with E-state index in [-0.39, 0.29) is 5.56 Å². The number of aryl methyl sites for hydroxylation is 2. The maximum atomic E-state index is 11.8. The van der Waals surface area contributed by atoms with E-state index in [1.54, 1.807) is 17.7 Å². The van der Waals surface area contributed by atoms with Gasteiger partial charge >= 0.3 is 0 Å². The summed E-state index contributed by atoms with van der Waals surface area (Å²) in [4.78, 5) is 18.5. The molecule has 0 N–H and O–H groups in total. The summed E-state index contributed by atoms with van der Waals surface area (Å²) in [6, 6.07) is 22.2. The first-order valence-corrected chi connectivity index (χ1v) is 11.5. The molecule has 0 unspecified atom stereocenters. The molecule has 170 valence electrons. The normalized spacial score (nSPS) is 11.2. The highest BCUT2D eigenvalue weighted by Gasteiger charge is 2.08. The van der Waals surface area contributed by atoms with Crippen LogP contribution in [-0.4, -0.2) is 34.1 Å². The van der Waals surface area contributed by atoms with E-state index in [9.17, 15) is 4.79 Å². The van der Waals surface area contributed by atoms with Crippen molar-refractivity contribution in [1.82, 2.24) is 14.5 Å². The highest BCUT2D eigenvalue weighted by atomic mass is 16.5. The molecule has 0 bridgehead atoms. The summed E-state index contributed by atoms with van der Waals surface area (Å²) in [6.07, 6.45) is 5.68. The maximum Gasteiger partial charge on any atom is 0.250 e. The molecule has 0 saturated carbocycles. The van der Waals surface area contributed by atoms with Gasteiger partial charge in [-0.15, -0.1) is 0 Å². The zero-order valence-electron chi connectivity index (χ0n) is 19.4. The van der Waals surface area contributed by atoms with E-state index in [0.717, 1.165) is 49.1 Å². The summed E-state index contributed by atoms with van der Waals surface area (Å²) in [5.74, 6) is 0.835. The highest BCUT2D eigenvalue weighted by molar-refractivity contribution is 5.80. The van der Waals surface area contributed by atoms with Crippen molar-refractivity contribution in [3.63, 3.8) is 0 Å². The molecule has 5 heteroatoms. The van der Waals surface area contributed by atoms with Crippen LogP contribution in [0.15, 0.2) is 83.9 Å². The Morgan fingerprint density at radius 2 is 1.85 bits per heavy atom. The number of aromatic nitrogens is 2. The minimum atomic E-state index is -0.00356. The molecule has 5 nitrogen and oxygen atoms in total. The average molecular weight is 442 g/mol. The predicted molar refractivity (Wildman–Crippen MR) is 134 cm³/mol. The lowest BCUT2D eigenvalue weighted by molar-refractivity contribution is 0.230. The summed E-state index contributed by atoms with van der Waals surface area (Å²) >= 11 is 0. The van der Waals surface area contributed by atoms with Gasteiger partial charge in [-0.05, 0) is 61.2 Å². The molecule has 0 aliphatic rings. The van der Waals surface area contributed by atoms with Crippen molar-refractivity contribution < 1.29 is 4.74 Å². The van der Waals surface area contributed by atoms with Crippen molar-refractivity contribution in [3.05, 3.63) is 106 Å². The van der Waals surface area contributed by atoms with Crippen LogP contribution in [-0.2, 0) is 20.0 Å². The second kappa shape index (κ2) is 10.9. The Morgan fingerprint density at radius 1 is 0.970 bits per heavy atom. The molecule has 0 radical (unpaired) electrons. The topological polar surface area (TPSA) is 47.4 Å². The Bertz CT molecular complexity index is 1250. The Labute approximate surface area is 195 Å². The third kappa shape index (κ3) is 6.30. The molecule has 0 spiro atoms. The molecule has 0 aliphatic carbocycles. The van der Waals surface area contributed by atoms with E-state index >= 15 is 0 Å². The number of pyridine rings is 2. The van der Waals surface area contributed by atoms with Gasteiger partial charge in [0.2, 0.25) is 0 Å². The van der Waals surface area contributed by atoms with Crippen LogP contribution in [0.5, 0.6) is 5.75 Å². The lowest BCUT2D eigenvalue weighted by Crippen LogP contribution is -2.28. The van der Waals surface area contributed by atoms with Crippen molar-refractivity contribution in [1.29, 1.82) is 0 Å². The quantitative estimate of drug-likeness (QED) is 0.333. The van der Waals surface area contributed by atoms with Gasteiger partial charge in [-0.3, -0.25) is 14.7 Å². The average Bonchev–Trinajstić information content (AvgIpc) is 2.83. The Hall–Kier alpha value is -3.44. The zero-order valence-corrected chi connectivity index (χ0v) is 19.4. The van der Waals surface area contributed by atoms with Crippen LogP contribution in [0.25, 0.3) is 10.9 Å². The van der Waals surface area contributed by atoms with Gasteiger partial charge in [-0.25, -0.2) is 0 Å². The van der Waals surface area contributed by atoms with Crippen molar-refractivity contribution in [2.24, 2.45) is 7.05 Å². The van der Waals surface area contributed by atoms with Crippen LogP contribution >= 0.6 is 0 Å². The van der Waals surface area contributed by atoms with Crippen LogP contribution in [0.1, 0.15) is 23.1 Å². The van der Waals surface area contributed by atoms with Crippen LogP contribution in [0.2, 0.25) is 0 Å². The van der Waals surface area contributed by atoms with Gasteiger partial charge in [0, 0.05) is 50.5 Å². The van der Waals surface area contributed by atoms with Crippen LogP contribution < -0.4 is 10.3 Å². The maximum absolute atomic E-state index is 11.8. The lowest BCUT2D eigenvalue weighted by Gasteiger charge is -2.23. The SMILES string of the molecule is Cc1cccc(CN(CCCOc2ccc3c(ccc(=O)n3C)c2)CCc2cccnc2)c1. The van der Waals surface area contributed by atoms with E-state index in [4.69, 9.17) is 4.74 Å². The van der Waals surface area contributed by atoms with Crippen LogP contribution in [0.4, 0.5) is 0 Å². The highest BCUT2D eigenvalue weighted by Crippen LogP contribution is 2.19. The molecule has 0 saturated heterocycles. The van der Waals surface area contributed by atoms with Gasteiger partial charge in [0.15, 0.2) is 0 Å². The Morgan fingerprint density at radius 3 is 2.67 bits per heavy atom. The van der Waals surface area contributed by atoms with Crippen molar-refractivity contribution in [3.8, 4) is 5.75 Å². The number of benzene rings is 2.